The smallest absolute Gasteiger partial charge is 0.255 e. The van der Waals surface area contributed by atoms with Gasteiger partial charge in [0, 0.05) is 23.0 Å². The number of aliphatic hydroxyl groups is 1. The van der Waals surface area contributed by atoms with Crippen molar-refractivity contribution >= 4 is 45.8 Å². The third-order valence-corrected chi connectivity index (χ3v) is 6.67. The number of anilines is 2. The molecule has 1 saturated heterocycles. The van der Waals surface area contributed by atoms with E-state index in [2.05, 4.69) is 25.6 Å². The Balaban J connectivity index is 1.37. The zero-order valence-electron chi connectivity index (χ0n) is 20.1. The minimum Gasteiger partial charge on any atom is -0.394 e. The molecule has 0 unspecified atom stereocenters. The van der Waals surface area contributed by atoms with Crippen LogP contribution >= 0.6 is 11.6 Å². The van der Waals surface area contributed by atoms with E-state index in [-0.39, 0.29) is 40.7 Å². The number of nitriles is 1. The normalized spacial score (nSPS) is 17.1. The number of ketones is 1. The number of nitrogens with one attached hydrogen (secondary N) is 3. The minimum atomic E-state index is -0.425. The Bertz CT molecular complexity index is 1550. The van der Waals surface area contributed by atoms with Crippen LogP contribution in [0.4, 0.5) is 11.5 Å². The Hall–Kier alpha value is -4.30. The van der Waals surface area contributed by atoms with Gasteiger partial charge in [0.05, 0.1) is 53.0 Å². The first-order chi connectivity index (χ1) is 18.5. The lowest BCUT2D eigenvalue weighted by Crippen LogP contribution is -2.36. The van der Waals surface area contributed by atoms with Crippen LogP contribution in [0.25, 0.3) is 11.0 Å². The van der Waals surface area contributed by atoms with E-state index in [1.165, 1.54) is 24.5 Å². The molecular formula is C27H23ClN6O4. The summed E-state index contributed by atoms with van der Waals surface area (Å²) in [6.07, 6.45) is 4.28. The number of fused-ring (bicyclic) bond motifs is 1. The van der Waals surface area contributed by atoms with Crippen LogP contribution in [0.3, 0.4) is 0 Å². The third-order valence-electron chi connectivity index (χ3n) is 6.35. The van der Waals surface area contributed by atoms with Crippen molar-refractivity contribution in [3.63, 3.8) is 0 Å². The minimum absolute atomic E-state index is 0.0173. The predicted octanol–water partition coefficient (Wildman–Crippen LogP) is 3.92. The van der Waals surface area contributed by atoms with Crippen LogP contribution in [-0.2, 0) is 4.74 Å². The highest BCUT2D eigenvalue weighted by atomic mass is 35.5. The maximum atomic E-state index is 13.5. The monoisotopic (exact) mass is 530 g/mol. The van der Waals surface area contributed by atoms with Gasteiger partial charge < -0.3 is 25.5 Å². The van der Waals surface area contributed by atoms with Crippen LogP contribution in [0.1, 0.15) is 44.7 Å². The molecule has 4 aromatic rings. The van der Waals surface area contributed by atoms with E-state index >= 15 is 0 Å². The summed E-state index contributed by atoms with van der Waals surface area (Å²) in [4.78, 5) is 37.9. The van der Waals surface area contributed by atoms with Gasteiger partial charge in [-0.2, -0.15) is 5.26 Å². The van der Waals surface area contributed by atoms with E-state index in [0.717, 1.165) is 6.42 Å². The van der Waals surface area contributed by atoms with Crippen LogP contribution in [0.2, 0.25) is 5.02 Å². The number of aromatic amines is 1. The lowest BCUT2D eigenvalue weighted by Gasteiger charge is -2.29. The highest BCUT2D eigenvalue weighted by molar-refractivity contribution is 6.36. The molecule has 0 spiro atoms. The van der Waals surface area contributed by atoms with E-state index in [0.29, 0.717) is 46.7 Å². The number of benzene rings is 2. The topological polar surface area (TPSA) is 153 Å². The number of aromatic nitrogens is 3. The number of hydrogen-bond donors (Lipinski definition) is 4. The number of aliphatic hydroxyl groups excluding tert-OH is 1. The first-order valence-electron chi connectivity index (χ1n) is 11.9. The number of hydrogen-bond acceptors (Lipinski definition) is 8. The average Bonchev–Trinajstić information content (AvgIpc) is 3.38. The number of ether oxygens (including phenoxy) is 1. The number of carbonyl (C=O) groups is 2. The number of amides is 1. The summed E-state index contributed by atoms with van der Waals surface area (Å²) in [6.45, 7) is 0.386. The Kier molecular flexibility index (Phi) is 7.33. The molecule has 2 aromatic heterocycles. The van der Waals surface area contributed by atoms with Gasteiger partial charge in [-0.3, -0.25) is 9.59 Å². The van der Waals surface area contributed by atoms with Crippen molar-refractivity contribution < 1.29 is 19.4 Å². The maximum Gasteiger partial charge on any atom is 0.255 e. The highest BCUT2D eigenvalue weighted by Gasteiger charge is 2.25. The van der Waals surface area contributed by atoms with Gasteiger partial charge in [0.1, 0.15) is 17.8 Å². The van der Waals surface area contributed by atoms with Gasteiger partial charge in [0.25, 0.3) is 5.91 Å². The Morgan fingerprint density at radius 3 is 2.79 bits per heavy atom. The number of halogens is 1. The fourth-order valence-electron chi connectivity index (χ4n) is 4.36. The van der Waals surface area contributed by atoms with Gasteiger partial charge in [-0.25, -0.2) is 9.97 Å². The molecule has 38 heavy (non-hydrogen) atoms. The summed E-state index contributed by atoms with van der Waals surface area (Å²) < 4.78 is 5.65. The first kappa shape index (κ1) is 25.4. The summed E-state index contributed by atoms with van der Waals surface area (Å²) >= 11 is 6.47. The molecule has 2 aromatic carbocycles. The second-order valence-corrected chi connectivity index (χ2v) is 9.28. The quantitative estimate of drug-likeness (QED) is 0.262. The van der Waals surface area contributed by atoms with Crippen LogP contribution in [-0.4, -0.2) is 57.1 Å². The lowest BCUT2D eigenvalue weighted by atomic mass is 10.0. The van der Waals surface area contributed by atoms with Crippen molar-refractivity contribution in [1.82, 2.24) is 15.0 Å². The molecule has 0 aliphatic carbocycles. The molecule has 5 rings (SSSR count). The molecule has 0 saturated carbocycles. The molecule has 0 radical (unpaired) electrons. The predicted molar refractivity (Wildman–Crippen MR) is 141 cm³/mol. The molecule has 4 N–H and O–H groups in total. The molecule has 3 heterocycles. The number of nitrogens with zero attached hydrogens (tertiary/aromatic N) is 3. The molecule has 192 valence electrons. The third kappa shape index (κ3) is 5.21. The standard InChI is InChI=1S/C27H23ClN6O4/c28-22-9-16(27(37)34-17-3-1-2-15(8-17)10-29)4-7-20(22)24(36)21-11-30-25-23(21)26(32-14-31-25)33-18-5-6-19(12-35)38-13-18/h1-4,7-9,11,14,18-19,35H,5-6,12-13H2,(H,34,37)(H2,30,31,32,33)/t18-,19+/m1/s1. The van der Waals surface area contributed by atoms with Crippen molar-refractivity contribution in [3.8, 4) is 6.07 Å². The molecular weight excluding hydrogens is 508 g/mol. The van der Waals surface area contributed by atoms with E-state index in [1.807, 2.05) is 6.07 Å². The zero-order valence-corrected chi connectivity index (χ0v) is 20.8. The Labute approximate surface area is 222 Å². The maximum absolute atomic E-state index is 13.5. The van der Waals surface area contributed by atoms with Crippen molar-refractivity contribution in [1.29, 1.82) is 5.26 Å². The second-order valence-electron chi connectivity index (χ2n) is 8.88. The molecule has 1 aliphatic heterocycles. The molecule has 1 amide bonds. The second kappa shape index (κ2) is 11.0. The summed E-state index contributed by atoms with van der Waals surface area (Å²) in [7, 11) is 0. The molecule has 1 aliphatic rings. The summed E-state index contributed by atoms with van der Waals surface area (Å²) in [5.41, 5.74) is 2.19. The summed E-state index contributed by atoms with van der Waals surface area (Å²) in [5, 5.41) is 25.0. The fourth-order valence-corrected chi connectivity index (χ4v) is 4.63. The average molecular weight is 531 g/mol. The fraction of sp³-hybridized carbons (Fsp3) is 0.222. The van der Waals surface area contributed by atoms with Crippen LogP contribution in [0.15, 0.2) is 55.0 Å². The van der Waals surface area contributed by atoms with Crippen LogP contribution in [0, 0.1) is 11.3 Å². The van der Waals surface area contributed by atoms with Gasteiger partial charge in [-0.1, -0.05) is 17.7 Å². The van der Waals surface area contributed by atoms with Gasteiger partial charge in [0.15, 0.2) is 5.78 Å². The largest absolute Gasteiger partial charge is 0.394 e. The van der Waals surface area contributed by atoms with Crippen molar-refractivity contribution in [2.24, 2.45) is 0 Å². The van der Waals surface area contributed by atoms with Gasteiger partial charge in [0.2, 0.25) is 0 Å². The van der Waals surface area contributed by atoms with E-state index in [9.17, 15) is 14.7 Å². The number of rotatable bonds is 7. The molecule has 10 nitrogen and oxygen atoms in total. The number of carbonyl (C=O) groups excluding carboxylic acids is 2. The van der Waals surface area contributed by atoms with Crippen molar-refractivity contribution in [2.45, 2.75) is 25.0 Å². The van der Waals surface area contributed by atoms with E-state index in [4.69, 9.17) is 21.6 Å². The molecule has 2 atom stereocenters. The highest BCUT2D eigenvalue weighted by Crippen LogP contribution is 2.30. The molecule has 11 heteroatoms. The molecule has 1 fully saturated rings. The van der Waals surface area contributed by atoms with Gasteiger partial charge >= 0.3 is 0 Å². The van der Waals surface area contributed by atoms with Gasteiger partial charge in [-0.15, -0.1) is 0 Å². The Morgan fingerprint density at radius 1 is 1.18 bits per heavy atom. The zero-order chi connectivity index (χ0) is 26.6. The Morgan fingerprint density at radius 2 is 2.05 bits per heavy atom. The number of H-pyrrole nitrogens is 1. The van der Waals surface area contributed by atoms with Crippen molar-refractivity contribution in [3.05, 3.63) is 82.3 Å². The van der Waals surface area contributed by atoms with Crippen molar-refractivity contribution in [2.75, 3.05) is 23.8 Å². The van der Waals surface area contributed by atoms with E-state index in [1.54, 1.807) is 30.5 Å². The summed E-state index contributed by atoms with van der Waals surface area (Å²) in [6, 6.07) is 13.0. The first-order valence-corrected chi connectivity index (χ1v) is 12.3. The molecule has 0 bridgehead atoms. The van der Waals surface area contributed by atoms with Crippen LogP contribution < -0.4 is 10.6 Å². The van der Waals surface area contributed by atoms with Gasteiger partial charge in [-0.05, 0) is 49.2 Å². The SMILES string of the molecule is N#Cc1cccc(NC(=O)c2ccc(C(=O)c3c[nH]c4ncnc(N[C@@H]5CC[C@@H](CO)OC5)c34)c(Cl)c2)c1. The van der Waals surface area contributed by atoms with Crippen LogP contribution in [0.5, 0.6) is 0 Å². The summed E-state index contributed by atoms with van der Waals surface area (Å²) in [5.74, 6) is -0.290. The van der Waals surface area contributed by atoms with E-state index < -0.39 is 5.91 Å². The lowest BCUT2D eigenvalue weighted by molar-refractivity contribution is -0.0224.